The van der Waals surface area contributed by atoms with Crippen molar-refractivity contribution in [1.29, 1.82) is 0 Å². The van der Waals surface area contributed by atoms with Crippen molar-refractivity contribution < 1.29 is 14.8 Å². The molecule has 0 saturated carbocycles. The Morgan fingerprint density at radius 1 is 1.77 bits per heavy atom. The lowest BCUT2D eigenvalue weighted by Gasteiger charge is -2.01. The molecule has 0 saturated heterocycles. The van der Waals surface area contributed by atoms with Gasteiger partial charge in [-0.3, -0.25) is 10.1 Å². The van der Waals surface area contributed by atoms with E-state index in [2.05, 4.69) is 6.07 Å². The first-order valence-electron chi connectivity index (χ1n) is 3.53. The Bertz CT molecular complexity index is 324. The third kappa shape index (κ3) is 1.94. The molecule has 0 heterocycles. The Morgan fingerprint density at radius 2 is 2.46 bits per heavy atom. The van der Waals surface area contributed by atoms with E-state index in [-0.39, 0.29) is 18.0 Å². The van der Waals surface area contributed by atoms with Crippen LogP contribution in [0.5, 0.6) is 5.75 Å². The van der Waals surface area contributed by atoms with Crippen LogP contribution in [0.4, 0.5) is 5.69 Å². The highest BCUT2D eigenvalue weighted by atomic mass is 16.6. The first-order chi connectivity index (χ1) is 6.19. The normalized spacial score (nSPS) is 9.69. The van der Waals surface area contributed by atoms with Gasteiger partial charge >= 0.3 is 5.69 Å². The van der Waals surface area contributed by atoms with Gasteiger partial charge in [-0.05, 0) is 17.7 Å². The SMILES string of the molecule is COc1c[c]c(CO)cc1[N+](=O)[O-]. The summed E-state index contributed by atoms with van der Waals surface area (Å²) < 4.78 is 4.75. The van der Waals surface area contributed by atoms with Gasteiger partial charge in [0.15, 0.2) is 5.75 Å². The number of rotatable bonds is 3. The van der Waals surface area contributed by atoms with Gasteiger partial charge in [0.1, 0.15) is 0 Å². The summed E-state index contributed by atoms with van der Waals surface area (Å²) in [5.74, 6) is 0.141. The summed E-state index contributed by atoms with van der Waals surface area (Å²) in [4.78, 5) is 9.92. The van der Waals surface area contributed by atoms with Gasteiger partial charge in [0.05, 0.1) is 18.6 Å². The van der Waals surface area contributed by atoms with Crippen molar-refractivity contribution >= 4 is 5.69 Å². The largest absolute Gasteiger partial charge is 0.490 e. The first-order valence-corrected chi connectivity index (χ1v) is 3.53. The van der Waals surface area contributed by atoms with Crippen LogP contribution in [0.15, 0.2) is 12.1 Å². The minimum absolute atomic E-state index is 0.141. The van der Waals surface area contributed by atoms with Crippen molar-refractivity contribution in [2.45, 2.75) is 6.61 Å². The maximum Gasteiger partial charge on any atom is 0.311 e. The van der Waals surface area contributed by atoms with Crippen LogP contribution in [0, 0.1) is 16.2 Å². The molecule has 1 radical (unpaired) electrons. The van der Waals surface area contributed by atoms with Crippen molar-refractivity contribution in [2.24, 2.45) is 0 Å². The van der Waals surface area contributed by atoms with Gasteiger partial charge < -0.3 is 9.84 Å². The van der Waals surface area contributed by atoms with Gasteiger partial charge in [0, 0.05) is 6.07 Å². The molecule has 0 aliphatic rings. The van der Waals surface area contributed by atoms with E-state index in [0.29, 0.717) is 5.56 Å². The van der Waals surface area contributed by atoms with E-state index in [1.807, 2.05) is 0 Å². The first kappa shape index (κ1) is 9.47. The number of nitro groups is 1. The molecule has 0 aliphatic carbocycles. The van der Waals surface area contributed by atoms with E-state index < -0.39 is 4.92 Å². The van der Waals surface area contributed by atoms with E-state index in [1.54, 1.807) is 0 Å². The van der Waals surface area contributed by atoms with Crippen molar-refractivity contribution in [3.63, 3.8) is 0 Å². The molecule has 0 fully saturated rings. The number of benzene rings is 1. The smallest absolute Gasteiger partial charge is 0.311 e. The molecule has 1 N–H and O–H groups in total. The number of hydrogen-bond donors (Lipinski definition) is 1. The number of nitrogens with zero attached hydrogens (tertiary/aromatic N) is 1. The maximum absolute atomic E-state index is 10.5. The number of hydrogen-bond acceptors (Lipinski definition) is 4. The zero-order valence-electron chi connectivity index (χ0n) is 6.98. The van der Waals surface area contributed by atoms with Crippen LogP contribution in [0.25, 0.3) is 0 Å². The Morgan fingerprint density at radius 3 is 2.92 bits per heavy atom. The molecule has 0 unspecified atom stereocenters. The van der Waals surface area contributed by atoms with Gasteiger partial charge in [-0.25, -0.2) is 0 Å². The lowest BCUT2D eigenvalue weighted by Crippen LogP contribution is -1.95. The number of ether oxygens (including phenoxy) is 1. The van der Waals surface area contributed by atoms with Gasteiger partial charge in [-0.15, -0.1) is 0 Å². The highest BCUT2D eigenvalue weighted by Gasteiger charge is 2.14. The van der Waals surface area contributed by atoms with Crippen LogP contribution >= 0.6 is 0 Å². The standard InChI is InChI=1S/C8H8NO4/c1-13-8-3-2-6(5-10)4-7(8)9(11)12/h3-4,10H,5H2,1H3. The fraction of sp³-hybridized carbons (Fsp3) is 0.250. The average molecular weight is 182 g/mol. The molecule has 1 aromatic carbocycles. The number of nitro benzene ring substituents is 1. The van der Waals surface area contributed by atoms with E-state index in [9.17, 15) is 10.1 Å². The van der Waals surface area contributed by atoms with Gasteiger partial charge in [-0.2, -0.15) is 0 Å². The molecule has 69 valence electrons. The highest BCUT2D eigenvalue weighted by molar-refractivity contribution is 5.47. The average Bonchev–Trinajstić information content (AvgIpc) is 2.16. The molecule has 13 heavy (non-hydrogen) atoms. The van der Waals surface area contributed by atoms with Crippen LogP contribution in [0.2, 0.25) is 0 Å². The topological polar surface area (TPSA) is 72.6 Å². The summed E-state index contributed by atoms with van der Waals surface area (Å²) in [7, 11) is 1.34. The van der Waals surface area contributed by atoms with Crippen molar-refractivity contribution in [2.75, 3.05) is 7.11 Å². The van der Waals surface area contributed by atoms with Gasteiger partial charge in [-0.1, -0.05) is 0 Å². The fourth-order valence-corrected chi connectivity index (χ4v) is 0.907. The van der Waals surface area contributed by atoms with Crippen LogP contribution in [-0.4, -0.2) is 17.1 Å². The Labute approximate surface area is 74.7 Å². The van der Waals surface area contributed by atoms with E-state index >= 15 is 0 Å². The molecule has 1 aromatic rings. The number of aliphatic hydroxyl groups is 1. The molecule has 0 aliphatic heterocycles. The number of aliphatic hydroxyl groups excluding tert-OH is 1. The summed E-state index contributed by atoms with van der Waals surface area (Å²) in [6.07, 6.45) is 0. The quantitative estimate of drug-likeness (QED) is 0.556. The highest BCUT2D eigenvalue weighted by Crippen LogP contribution is 2.26. The molecular formula is C8H8NO4. The maximum atomic E-state index is 10.5. The third-order valence-corrected chi connectivity index (χ3v) is 1.54. The van der Waals surface area contributed by atoms with Crippen LogP contribution in [0.3, 0.4) is 0 Å². The summed E-state index contributed by atoms with van der Waals surface area (Å²) in [6, 6.07) is 5.23. The summed E-state index contributed by atoms with van der Waals surface area (Å²) in [5.41, 5.74) is 0.206. The second kappa shape index (κ2) is 3.86. The van der Waals surface area contributed by atoms with Crippen molar-refractivity contribution in [3.8, 4) is 5.75 Å². The molecule has 0 atom stereocenters. The van der Waals surface area contributed by atoms with Gasteiger partial charge in [0.25, 0.3) is 0 Å². The van der Waals surface area contributed by atoms with Crippen LogP contribution in [-0.2, 0) is 6.61 Å². The summed E-state index contributed by atoms with van der Waals surface area (Å²) >= 11 is 0. The minimum Gasteiger partial charge on any atom is -0.490 e. The lowest BCUT2D eigenvalue weighted by atomic mass is 10.2. The zero-order valence-corrected chi connectivity index (χ0v) is 6.98. The molecular weight excluding hydrogens is 174 g/mol. The lowest BCUT2D eigenvalue weighted by molar-refractivity contribution is -0.385. The molecule has 5 nitrogen and oxygen atoms in total. The minimum atomic E-state index is -0.564. The van der Waals surface area contributed by atoms with E-state index in [4.69, 9.17) is 9.84 Å². The Balaban J connectivity index is 3.18. The summed E-state index contributed by atoms with van der Waals surface area (Å²) in [6.45, 7) is -0.273. The second-order valence-corrected chi connectivity index (χ2v) is 2.33. The third-order valence-electron chi connectivity index (χ3n) is 1.54. The zero-order chi connectivity index (χ0) is 9.84. The molecule has 0 aromatic heterocycles. The van der Waals surface area contributed by atoms with E-state index in [0.717, 1.165) is 0 Å². The Kier molecular flexibility index (Phi) is 2.81. The summed E-state index contributed by atoms with van der Waals surface area (Å²) in [5, 5.41) is 19.2. The van der Waals surface area contributed by atoms with E-state index in [1.165, 1.54) is 19.2 Å². The monoisotopic (exact) mass is 182 g/mol. The van der Waals surface area contributed by atoms with Crippen molar-refractivity contribution in [3.05, 3.63) is 33.9 Å². The predicted molar refractivity (Wildman–Crippen MR) is 44.4 cm³/mol. The molecule has 0 bridgehead atoms. The molecule has 0 spiro atoms. The second-order valence-electron chi connectivity index (χ2n) is 2.33. The predicted octanol–water partition coefficient (Wildman–Crippen LogP) is 0.896. The van der Waals surface area contributed by atoms with Crippen molar-refractivity contribution in [1.82, 2.24) is 0 Å². The number of methoxy groups -OCH3 is 1. The van der Waals surface area contributed by atoms with Crippen LogP contribution < -0.4 is 4.74 Å². The molecule has 1 rings (SSSR count). The van der Waals surface area contributed by atoms with Gasteiger partial charge in [0.2, 0.25) is 0 Å². The molecule has 0 amide bonds. The Hall–Kier alpha value is -1.62. The van der Waals surface area contributed by atoms with Crippen LogP contribution in [0.1, 0.15) is 5.56 Å². The fourth-order valence-electron chi connectivity index (χ4n) is 0.907. The molecule has 5 heteroatoms.